The molecule has 0 amide bonds. The number of ketones is 1. The van der Waals surface area contributed by atoms with Crippen LogP contribution in [0.3, 0.4) is 0 Å². The summed E-state index contributed by atoms with van der Waals surface area (Å²) in [5.41, 5.74) is 7.58. The van der Waals surface area contributed by atoms with Crippen molar-refractivity contribution in [2.24, 2.45) is 5.73 Å². The largest absolute Gasteiger partial charge is 0.461 e. The number of carbonyl (C=O) groups excluding carboxylic acids is 1. The maximum Gasteiger partial charge on any atom is 0.202 e. The summed E-state index contributed by atoms with van der Waals surface area (Å²) in [6.45, 7) is 0.446. The van der Waals surface area contributed by atoms with E-state index in [2.05, 4.69) is 0 Å². The Morgan fingerprint density at radius 3 is 2.50 bits per heavy atom. The number of rotatable bonds is 4. The van der Waals surface area contributed by atoms with Crippen LogP contribution < -0.4 is 5.73 Å². The molecule has 0 aliphatic carbocycles. The Bertz CT molecular complexity index is 474. The number of furan rings is 1. The summed E-state index contributed by atoms with van der Waals surface area (Å²) in [6, 6.07) is 11.1. The molecule has 0 bridgehead atoms. The van der Waals surface area contributed by atoms with Crippen molar-refractivity contribution in [2.75, 3.05) is 0 Å². The Hall–Kier alpha value is -1.87. The topological polar surface area (TPSA) is 56.2 Å². The number of hydrogen-bond donors (Lipinski definition) is 1. The van der Waals surface area contributed by atoms with Crippen molar-refractivity contribution in [3.63, 3.8) is 0 Å². The van der Waals surface area contributed by atoms with Gasteiger partial charge in [-0.2, -0.15) is 0 Å². The highest BCUT2D eigenvalue weighted by atomic mass is 16.3. The van der Waals surface area contributed by atoms with Crippen LogP contribution in [0.5, 0.6) is 0 Å². The second kappa shape index (κ2) is 4.77. The van der Waals surface area contributed by atoms with Crippen LogP contribution in [0.2, 0.25) is 0 Å². The van der Waals surface area contributed by atoms with E-state index in [1.165, 1.54) is 6.26 Å². The minimum absolute atomic E-state index is 0.0223. The van der Waals surface area contributed by atoms with E-state index in [0.717, 1.165) is 11.1 Å². The van der Waals surface area contributed by atoms with Gasteiger partial charge in [0.15, 0.2) is 5.76 Å². The lowest BCUT2D eigenvalue weighted by atomic mass is 10.0. The van der Waals surface area contributed by atoms with E-state index in [1.54, 1.807) is 12.1 Å². The molecule has 0 unspecified atom stereocenters. The van der Waals surface area contributed by atoms with Crippen LogP contribution in [0.4, 0.5) is 0 Å². The summed E-state index contributed by atoms with van der Waals surface area (Å²) in [5, 5.41) is 0. The smallest absolute Gasteiger partial charge is 0.202 e. The van der Waals surface area contributed by atoms with Crippen molar-refractivity contribution in [2.45, 2.75) is 13.0 Å². The van der Waals surface area contributed by atoms with E-state index in [-0.39, 0.29) is 5.78 Å². The minimum Gasteiger partial charge on any atom is -0.461 e. The Kier molecular flexibility index (Phi) is 3.17. The number of hydrogen-bond acceptors (Lipinski definition) is 3. The molecule has 2 aromatic rings. The van der Waals surface area contributed by atoms with E-state index in [9.17, 15) is 4.79 Å². The van der Waals surface area contributed by atoms with Crippen molar-refractivity contribution in [3.05, 3.63) is 59.5 Å². The normalized spacial score (nSPS) is 10.3. The molecular weight excluding hydrogens is 202 g/mol. The third kappa shape index (κ3) is 2.20. The molecule has 3 heteroatoms. The van der Waals surface area contributed by atoms with E-state index in [0.29, 0.717) is 18.7 Å². The molecule has 0 spiro atoms. The van der Waals surface area contributed by atoms with Gasteiger partial charge in [0.25, 0.3) is 0 Å². The lowest BCUT2D eigenvalue weighted by Gasteiger charge is -2.05. The predicted molar refractivity (Wildman–Crippen MR) is 61.1 cm³/mol. The highest BCUT2D eigenvalue weighted by molar-refractivity contribution is 5.95. The zero-order chi connectivity index (χ0) is 11.4. The molecule has 1 heterocycles. The first kappa shape index (κ1) is 10.6. The van der Waals surface area contributed by atoms with Crippen LogP contribution in [-0.4, -0.2) is 5.78 Å². The lowest BCUT2D eigenvalue weighted by molar-refractivity contribution is 0.0966. The second-order valence-corrected chi connectivity index (χ2v) is 3.55. The molecule has 2 rings (SSSR count). The van der Waals surface area contributed by atoms with Gasteiger partial charge in [0.2, 0.25) is 5.78 Å². The van der Waals surface area contributed by atoms with Crippen LogP contribution in [0.1, 0.15) is 21.7 Å². The summed E-state index contributed by atoms with van der Waals surface area (Å²) in [7, 11) is 0. The molecule has 0 aliphatic heterocycles. The van der Waals surface area contributed by atoms with Crippen LogP contribution >= 0.6 is 0 Å². The molecular formula is C13H13NO2. The fraction of sp³-hybridized carbons (Fsp3) is 0.154. The zero-order valence-corrected chi connectivity index (χ0v) is 8.85. The minimum atomic E-state index is -0.0223. The maximum atomic E-state index is 11.8. The number of Topliss-reactive ketones (excluding diaryl/α,β-unsaturated/α-hetero) is 1. The lowest BCUT2D eigenvalue weighted by Crippen LogP contribution is -2.07. The van der Waals surface area contributed by atoms with Crippen molar-refractivity contribution in [1.82, 2.24) is 0 Å². The highest BCUT2D eigenvalue weighted by Gasteiger charge is 2.11. The van der Waals surface area contributed by atoms with Gasteiger partial charge in [-0.1, -0.05) is 24.3 Å². The van der Waals surface area contributed by atoms with E-state index in [1.807, 2.05) is 24.3 Å². The van der Waals surface area contributed by atoms with E-state index >= 15 is 0 Å². The first-order valence-electron chi connectivity index (χ1n) is 5.15. The summed E-state index contributed by atoms with van der Waals surface area (Å²) in [6.07, 6.45) is 1.84. The van der Waals surface area contributed by atoms with Crippen molar-refractivity contribution in [1.29, 1.82) is 0 Å². The number of nitrogens with two attached hydrogens (primary N) is 1. The van der Waals surface area contributed by atoms with Gasteiger partial charge in [0, 0.05) is 13.0 Å². The highest BCUT2D eigenvalue weighted by Crippen LogP contribution is 2.12. The Morgan fingerprint density at radius 2 is 1.88 bits per heavy atom. The van der Waals surface area contributed by atoms with Crippen LogP contribution in [-0.2, 0) is 13.0 Å². The Labute approximate surface area is 93.9 Å². The van der Waals surface area contributed by atoms with Gasteiger partial charge < -0.3 is 10.2 Å². The summed E-state index contributed by atoms with van der Waals surface area (Å²) >= 11 is 0. The van der Waals surface area contributed by atoms with Gasteiger partial charge in [-0.3, -0.25) is 4.79 Å². The van der Waals surface area contributed by atoms with Gasteiger partial charge >= 0.3 is 0 Å². The molecule has 1 aromatic carbocycles. The molecule has 16 heavy (non-hydrogen) atoms. The molecule has 0 fully saturated rings. The van der Waals surface area contributed by atoms with E-state index in [4.69, 9.17) is 10.2 Å². The number of carbonyl (C=O) groups is 1. The fourth-order valence-corrected chi connectivity index (χ4v) is 1.63. The standard InChI is InChI=1S/C13H13NO2/c14-9-11-5-2-1-4-10(11)8-12(15)13-6-3-7-16-13/h1-7H,8-9,14H2. The summed E-state index contributed by atoms with van der Waals surface area (Å²) in [5.74, 6) is 0.373. The molecule has 2 N–H and O–H groups in total. The third-order valence-corrected chi connectivity index (χ3v) is 2.49. The SMILES string of the molecule is NCc1ccccc1CC(=O)c1ccco1. The van der Waals surface area contributed by atoms with Crippen LogP contribution in [0.15, 0.2) is 47.1 Å². The third-order valence-electron chi connectivity index (χ3n) is 2.49. The first-order chi connectivity index (χ1) is 7.81. The summed E-state index contributed by atoms with van der Waals surface area (Å²) < 4.78 is 5.06. The molecule has 0 atom stereocenters. The monoisotopic (exact) mass is 215 g/mol. The molecule has 82 valence electrons. The first-order valence-corrected chi connectivity index (χ1v) is 5.15. The second-order valence-electron chi connectivity index (χ2n) is 3.55. The van der Waals surface area contributed by atoms with Gasteiger partial charge in [-0.15, -0.1) is 0 Å². The van der Waals surface area contributed by atoms with Gasteiger partial charge in [0.05, 0.1) is 6.26 Å². The van der Waals surface area contributed by atoms with Crippen molar-refractivity contribution in [3.8, 4) is 0 Å². The zero-order valence-electron chi connectivity index (χ0n) is 8.85. The Balaban J connectivity index is 2.18. The van der Waals surface area contributed by atoms with Gasteiger partial charge in [-0.25, -0.2) is 0 Å². The molecule has 1 aromatic heterocycles. The van der Waals surface area contributed by atoms with Crippen LogP contribution in [0.25, 0.3) is 0 Å². The molecule has 0 saturated heterocycles. The predicted octanol–water partition coefficient (Wildman–Crippen LogP) is 2.16. The van der Waals surface area contributed by atoms with Crippen molar-refractivity contribution >= 4 is 5.78 Å². The van der Waals surface area contributed by atoms with Crippen molar-refractivity contribution < 1.29 is 9.21 Å². The molecule has 0 radical (unpaired) electrons. The molecule has 3 nitrogen and oxygen atoms in total. The number of benzene rings is 1. The van der Waals surface area contributed by atoms with Gasteiger partial charge in [-0.05, 0) is 23.3 Å². The summed E-state index contributed by atoms with van der Waals surface area (Å²) in [4.78, 5) is 11.8. The molecule has 0 aliphatic rings. The Morgan fingerprint density at radius 1 is 1.12 bits per heavy atom. The quantitative estimate of drug-likeness (QED) is 0.795. The van der Waals surface area contributed by atoms with E-state index < -0.39 is 0 Å². The fourth-order valence-electron chi connectivity index (χ4n) is 1.63. The van der Waals surface area contributed by atoms with Gasteiger partial charge in [0.1, 0.15) is 0 Å². The van der Waals surface area contributed by atoms with Crippen LogP contribution in [0, 0.1) is 0 Å². The maximum absolute atomic E-state index is 11.8. The average molecular weight is 215 g/mol. The molecule has 0 saturated carbocycles. The average Bonchev–Trinajstić information content (AvgIpc) is 2.83.